The van der Waals surface area contributed by atoms with Crippen LogP contribution in [0.25, 0.3) is 0 Å². The Balaban J connectivity index is 2.01. The van der Waals surface area contributed by atoms with Crippen LogP contribution in [0.3, 0.4) is 0 Å². The van der Waals surface area contributed by atoms with E-state index in [2.05, 4.69) is 12.3 Å². The smallest absolute Gasteiger partial charge is 0.265 e. The minimum absolute atomic E-state index is 0.231. The Hall–Kier alpha value is -1.35. The number of amides is 1. The first-order valence-electron chi connectivity index (χ1n) is 8.87. The van der Waals surface area contributed by atoms with Crippen LogP contribution in [-0.2, 0) is 6.42 Å². The van der Waals surface area contributed by atoms with Gasteiger partial charge in [-0.1, -0.05) is 76.8 Å². The van der Waals surface area contributed by atoms with Crippen molar-refractivity contribution in [2.24, 2.45) is 5.84 Å². The number of unbranched alkanes of at least 4 members (excludes halogenated alkanes) is 9. The molecule has 0 radical (unpaired) electrons. The molecule has 0 aliphatic rings. The monoisotopic (exact) mass is 304 g/mol. The Labute approximate surface area is 135 Å². The molecule has 1 amide bonds. The van der Waals surface area contributed by atoms with Crippen LogP contribution < -0.4 is 11.3 Å². The highest BCUT2D eigenvalue weighted by Crippen LogP contribution is 2.13. The molecule has 124 valence electrons. The summed E-state index contributed by atoms with van der Waals surface area (Å²) in [5, 5.41) is 0. The van der Waals surface area contributed by atoms with Crippen LogP contribution in [0.2, 0.25) is 0 Å². The van der Waals surface area contributed by atoms with Gasteiger partial charge in [0.1, 0.15) is 0 Å². The number of carbonyl (C=O) groups excluding carboxylic acids is 1. The molecule has 0 fully saturated rings. The number of aryl methyl sites for hydroxylation is 1. The predicted molar refractivity (Wildman–Crippen MR) is 93.6 cm³/mol. The average molecular weight is 304 g/mol. The maximum atomic E-state index is 11.3. The Morgan fingerprint density at radius 3 is 1.86 bits per heavy atom. The van der Waals surface area contributed by atoms with Crippen LogP contribution in [0.15, 0.2) is 24.3 Å². The van der Waals surface area contributed by atoms with Crippen molar-refractivity contribution in [1.82, 2.24) is 5.43 Å². The summed E-state index contributed by atoms with van der Waals surface area (Å²) < 4.78 is 0. The largest absolute Gasteiger partial charge is 0.290 e. The predicted octanol–water partition coefficient (Wildman–Crippen LogP) is 4.75. The number of hydrogen-bond acceptors (Lipinski definition) is 2. The van der Waals surface area contributed by atoms with Crippen molar-refractivity contribution in [3.05, 3.63) is 35.4 Å². The van der Waals surface area contributed by atoms with Crippen molar-refractivity contribution >= 4 is 5.91 Å². The Morgan fingerprint density at radius 1 is 0.864 bits per heavy atom. The van der Waals surface area contributed by atoms with Crippen molar-refractivity contribution in [2.45, 2.75) is 77.6 Å². The normalized spacial score (nSPS) is 10.6. The molecule has 0 saturated carbocycles. The van der Waals surface area contributed by atoms with Crippen LogP contribution >= 0.6 is 0 Å². The maximum absolute atomic E-state index is 11.3. The highest BCUT2D eigenvalue weighted by atomic mass is 16.2. The van der Waals surface area contributed by atoms with E-state index in [0.717, 1.165) is 6.42 Å². The van der Waals surface area contributed by atoms with Gasteiger partial charge < -0.3 is 0 Å². The van der Waals surface area contributed by atoms with E-state index >= 15 is 0 Å². The minimum atomic E-state index is -0.231. The zero-order chi connectivity index (χ0) is 16.0. The van der Waals surface area contributed by atoms with Crippen LogP contribution in [0, 0.1) is 0 Å². The molecule has 0 atom stereocenters. The molecule has 1 aromatic rings. The first kappa shape index (κ1) is 18.7. The summed E-state index contributed by atoms with van der Waals surface area (Å²) in [4.78, 5) is 11.3. The quantitative estimate of drug-likeness (QED) is 0.253. The van der Waals surface area contributed by atoms with Crippen molar-refractivity contribution < 1.29 is 4.79 Å². The fourth-order valence-corrected chi connectivity index (χ4v) is 2.72. The number of nitrogen functional groups attached to an aromatic ring is 1. The zero-order valence-corrected chi connectivity index (χ0v) is 14.1. The standard InChI is InChI=1S/C19H32N2O/c1-2-3-4-5-6-7-8-9-10-11-12-17-13-15-18(16-14-17)19(22)21-20/h13-16H,2-12,20H2,1H3,(H,21,22). The van der Waals surface area contributed by atoms with Crippen molar-refractivity contribution in [1.29, 1.82) is 0 Å². The van der Waals surface area contributed by atoms with E-state index in [1.54, 1.807) is 0 Å². The van der Waals surface area contributed by atoms with E-state index in [1.165, 1.54) is 69.8 Å². The fourth-order valence-electron chi connectivity index (χ4n) is 2.72. The van der Waals surface area contributed by atoms with E-state index in [1.807, 2.05) is 24.3 Å². The summed E-state index contributed by atoms with van der Waals surface area (Å²) in [5.74, 6) is 4.88. The first-order chi connectivity index (χ1) is 10.8. The van der Waals surface area contributed by atoms with Crippen molar-refractivity contribution in [3.63, 3.8) is 0 Å². The number of benzene rings is 1. The second-order valence-corrected chi connectivity index (χ2v) is 6.10. The Bertz CT molecular complexity index is 400. The number of nitrogens with one attached hydrogen (secondary N) is 1. The van der Waals surface area contributed by atoms with E-state index in [4.69, 9.17) is 5.84 Å². The van der Waals surface area contributed by atoms with Gasteiger partial charge in [-0.2, -0.15) is 0 Å². The van der Waals surface area contributed by atoms with Crippen molar-refractivity contribution in [3.8, 4) is 0 Å². The summed E-state index contributed by atoms with van der Waals surface area (Å²) >= 11 is 0. The number of rotatable bonds is 12. The summed E-state index contributed by atoms with van der Waals surface area (Å²) in [5.41, 5.74) is 4.07. The van der Waals surface area contributed by atoms with Gasteiger partial charge >= 0.3 is 0 Å². The third-order valence-corrected chi connectivity index (χ3v) is 4.17. The van der Waals surface area contributed by atoms with Crippen molar-refractivity contribution in [2.75, 3.05) is 0 Å². The second kappa shape index (κ2) is 12.2. The van der Waals surface area contributed by atoms with E-state index in [9.17, 15) is 4.79 Å². The molecule has 22 heavy (non-hydrogen) atoms. The highest BCUT2D eigenvalue weighted by Gasteiger charge is 2.02. The molecule has 1 aromatic carbocycles. The van der Waals surface area contributed by atoms with Crippen LogP contribution in [-0.4, -0.2) is 5.91 Å². The van der Waals surface area contributed by atoms with Gasteiger partial charge in [-0.15, -0.1) is 0 Å². The van der Waals surface area contributed by atoms with Gasteiger partial charge in [0.25, 0.3) is 5.91 Å². The lowest BCUT2D eigenvalue weighted by Gasteiger charge is -2.04. The molecule has 0 bridgehead atoms. The molecule has 0 spiro atoms. The van der Waals surface area contributed by atoms with Crippen LogP contribution in [0.1, 0.15) is 87.1 Å². The number of carbonyl (C=O) groups is 1. The topological polar surface area (TPSA) is 55.1 Å². The van der Waals surface area contributed by atoms with Gasteiger partial charge in [0.15, 0.2) is 0 Å². The summed E-state index contributed by atoms with van der Waals surface area (Å²) in [6.07, 6.45) is 14.7. The van der Waals surface area contributed by atoms with E-state index < -0.39 is 0 Å². The highest BCUT2D eigenvalue weighted by molar-refractivity contribution is 5.93. The lowest BCUT2D eigenvalue weighted by molar-refractivity contribution is 0.0953. The average Bonchev–Trinajstić information content (AvgIpc) is 2.56. The molecule has 3 heteroatoms. The number of hydrogen-bond donors (Lipinski definition) is 2. The van der Waals surface area contributed by atoms with Crippen LogP contribution in [0.4, 0.5) is 0 Å². The summed E-state index contributed by atoms with van der Waals surface area (Å²) in [6.45, 7) is 2.26. The third-order valence-electron chi connectivity index (χ3n) is 4.17. The molecule has 1 rings (SSSR count). The second-order valence-electron chi connectivity index (χ2n) is 6.10. The lowest BCUT2D eigenvalue weighted by atomic mass is 10.0. The molecule has 0 aliphatic heterocycles. The third kappa shape index (κ3) is 8.18. The summed E-state index contributed by atoms with van der Waals surface area (Å²) in [7, 11) is 0. The fraction of sp³-hybridized carbons (Fsp3) is 0.632. The van der Waals surface area contributed by atoms with E-state index in [-0.39, 0.29) is 5.91 Å². The number of nitrogens with two attached hydrogens (primary N) is 1. The maximum Gasteiger partial charge on any atom is 0.265 e. The zero-order valence-electron chi connectivity index (χ0n) is 14.1. The molecule has 0 unspecified atom stereocenters. The SMILES string of the molecule is CCCCCCCCCCCCc1ccc(C(=O)NN)cc1. The van der Waals surface area contributed by atoms with Gasteiger partial charge in [-0.25, -0.2) is 5.84 Å². The molecule has 0 heterocycles. The van der Waals surface area contributed by atoms with Crippen LogP contribution in [0.5, 0.6) is 0 Å². The molecule has 0 saturated heterocycles. The van der Waals surface area contributed by atoms with Gasteiger partial charge in [0.05, 0.1) is 0 Å². The molecule has 3 N–H and O–H groups in total. The first-order valence-corrected chi connectivity index (χ1v) is 8.87. The summed E-state index contributed by atoms with van der Waals surface area (Å²) in [6, 6.07) is 7.73. The lowest BCUT2D eigenvalue weighted by Crippen LogP contribution is -2.29. The van der Waals surface area contributed by atoms with Gasteiger partial charge in [0, 0.05) is 5.56 Å². The minimum Gasteiger partial charge on any atom is -0.290 e. The Kier molecular flexibility index (Phi) is 10.4. The molecule has 3 nitrogen and oxygen atoms in total. The Morgan fingerprint density at radius 2 is 1.36 bits per heavy atom. The number of hydrazine groups is 1. The molecule has 0 aliphatic carbocycles. The molecular formula is C19H32N2O. The molecular weight excluding hydrogens is 272 g/mol. The van der Waals surface area contributed by atoms with Gasteiger partial charge in [-0.05, 0) is 30.5 Å². The molecule has 0 aromatic heterocycles. The van der Waals surface area contributed by atoms with Gasteiger partial charge in [-0.3, -0.25) is 10.2 Å². The van der Waals surface area contributed by atoms with E-state index in [0.29, 0.717) is 5.56 Å². The van der Waals surface area contributed by atoms with Gasteiger partial charge in [0.2, 0.25) is 0 Å².